The molecule has 0 spiro atoms. The fraction of sp³-hybridized carbons (Fsp3) is 0.846. The Labute approximate surface area is 101 Å². The highest BCUT2D eigenvalue weighted by molar-refractivity contribution is 6.08. The van der Waals surface area contributed by atoms with E-state index in [1.165, 1.54) is 17.7 Å². The van der Waals surface area contributed by atoms with Crippen LogP contribution in [-0.2, 0) is 4.79 Å². The zero-order valence-corrected chi connectivity index (χ0v) is 9.95. The minimum Gasteiger partial charge on any atom is -0.323 e. The number of imide groups is 1. The van der Waals surface area contributed by atoms with Gasteiger partial charge in [-0.05, 0) is 56.3 Å². The van der Waals surface area contributed by atoms with Crippen LogP contribution in [0.2, 0.25) is 0 Å². The third-order valence-corrected chi connectivity index (χ3v) is 4.74. The SMILES string of the molecule is O=C1NC(C2CC2)(C2CC2)C(=O)N1CC1CC1. The van der Waals surface area contributed by atoms with Crippen molar-refractivity contribution in [1.82, 2.24) is 10.2 Å². The minimum absolute atomic E-state index is 0.0967. The van der Waals surface area contributed by atoms with E-state index in [-0.39, 0.29) is 11.9 Å². The van der Waals surface area contributed by atoms with Crippen LogP contribution in [0.25, 0.3) is 0 Å². The minimum atomic E-state index is -0.480. The second-order valence-electron chi connectivity index (χ2n) is 6.21. The van der Waals surface area contributed by atoms with Gasteiger partial charge >= 0.3 is 6.03 Å². The Bertz CT molecular complexity index is 382. The molecule has 4 heteroatoms. The molecule has 1 N–H and O–H groups in total. The molecule has 1 saturated heterocycles. The number of carbonyl (C=O) groups excluding carboxylic acids is 2. The first-order valence-electron chi connectivity index (χ1n) is 6.86. The highest BCUT2D eigenvalue weighted by Crippen LogP contribution is 2.54. The first-order chi connectivity index (χ1) is 8.22. The quantitative estimate of drug-likeness (QED) is 0.749. The van der Waals surface area contributed by atoms with E-state index < -0.39 is 5.54 Å². The van der Waals surface area contributed by atoms with E-state index in [9.17, 15) is 9.59 Å². The summed E-state index contributed by atoms with van der Waals surface area (Å²) >= 11 is 0. The summed E-state index contributed by atoms with van der Waals surface area (Å²) in [4.78, 5) is 26.1. The van der Waals surface area contributed by atoms with Gasteiger partial charge in [-0.2, -0.15) is 0 Å². The fourth-order valence-corrected chi connectivity index (χ4v) is 3.30. The first kappa shape index (κ1) is 9.92. The number of carbonyl (C=O) groups is 2. The topological polar surface area (TPSA) is 49.4 Å². The largest absolute Gasteiger partial charge is 0.325 e. The van der Waals surface area contributed by atoms with E-state index >= 15 is 0 Å². The Morgan fingerprint density at radius 1 is 1.06 bits per heavy atom. The van der Waals surface area contributed by atoms with Gasteiger partial charge in [-0.1, -0.05) is 0 Å². The van der Waals surface area contributed by atoms with Gasteiger partial charge in [0.1, 0.15) is 5.54 Å². The summed E-state index contributed by atoms with van der Waals surface area (Å²) in [5.41, 5.74) is -0.480. The molecule has 0 aromatic heterocycles. The summed E-state index contributed by atoms with van der Waals surface area (Å²) in [7, 11) is 0. The number of nitrogens with one attached hydrogen (secondary N) is 1. The summed E-state index contributed by atoms with van der Waals surface area (Å²) in [6.07, 6.45) is 6.80. The number of amides is 3. The fourth-order valence-electron chi connectivity index (χ4n) is 3.30. The van der Waals surface area contributed by atoms with Gasteiger partial charge in [0, 0.05) is 6.54 Å². The van der Waals surface area contributed by atoms with Gasteiger partial charge in [-0.15, -0.1) is 0 Å². The normalized spacial score (nSPS) is 31.9. The standard InChI is InChI=1S/C13H18N2O2/c16-11-13(9-3-4-9,10-5-6-10)14-12(17)15(11)7-8-1-2-8/h8-10H,1-7H2,(H,14,17). The molecule has 0 radical (unpaired) electrons. The number of hydrogen-bond donors (Lipinski definition) is 1. The van der Waals surface area contributed by atoms with E-state index in [1.807, 2.05) is 0 Å². The molecule has 4 rings (SSSR count). The smallest absolute Gasteiger partial charge is 0.323 e. The number of hydrogen-bond acceptors (Lipinski definition) is 2. The van der Waals surface area contributed by atoms with Crippen molar-refractivity contribution in [1.29, 1.82) is 0 Å². The molecular weight excluding hydrogens is 216 g/mol. The maximum absolute atomic E-state index is 12.6. The van der Waals surface area contributed by atoms with Gasteiger partial charge in [-0.3, -0.25) is 9.69 Å². The maximum atomic E-state index is 12.6. The Balaban J connectivity index is 1.63. The van der Waals surface area contributed by atoms with Crippen molar-refractivity contribution in [2.45, 2.75) is 44.1 Å². The van der Waals surface area contributed by atoms with Crippen molar-refractivity contribution in [2.24, 2.45) is 17.8 Å². The van der Waals surface area contributed by atoms with E-state index in [0.717, 1.165) is 25.7 Å². The van der Waals surface area contributed by atoms with Crippen molar-refractivity contribution in [2.75, 3.05) is 6.54 Å². The Hall–Kier alpha value is -1.06. The molecule has 3 amide bonds. The van der Waals surface area contributed by atoms with Crippen LogP contribution in [0.15, 0.2) is 0 Å². The number of rotatable bonds is 4. The summed E-state index contributed by atoms with van der Waals surface area (Å²) < 4.78 is 0. The van der Waals surface area contributed by atoms with Crippen molar-refractivity contribution in [3.05, 3.63) is 0 Å². The predicted molar refractivity (Wildman–Crippen MR) is 61.1 cm³/mol. The molecular formula is C13H18N2O2. The third kappa shape index (κ3) is 1.36. The van der Waals surface area contributed by atoms with Crippen molar-refractivity contribution in [3.8, 4) is 0 Å². The Morgan fingerprint density at radius 2 is 1.65 bits per heavy atom. The summed E-state index contributed by atoms with van der Waals surface area (Å²) in [6, 6.07) is -0.124. The molecule has 1 heterocycles. The van der Waals surface area contributed by atoms with Gasteiger partial charge < -0.3 is 5.32 Å². The summed E-state index contributed by atoms with van der Waals surface area (Å²) in [6.45, 7) is 0.659. The van der Waals surface area contributed by atoms with E-state index in [0.29, 0.717) is 24.3 Å². The molecule has 4 nitrogen and oxygen atoms in total. The Kier molecular flexibility index (Phi) is 1.77. The summed E-state index contributed by atoms with van der Waals surface area (Å²) in [5, 5.41) is 3.06. The van der Waals surface area contributed by atoms with Gasteiger partial charge in [0.15, 0.2) is 0 Å². The van der Waals surface area contributed by atoms with Gasteiger partial charge in [0.2, 0.25) is 0 Å². The van der Waals surface area contributed by atoms with Crippen molar-refractivity contribution < 1.29 is 9.59 Å². The molecule has 1 aliphatic heterocycles. The van der Waals surface area contributed by atoms with Crippen LogP contribution in [-0.4, -0.2) is 28.9 Å². The third-order valence-electron chi connectivity index (χ3n) is 4.74. The average Bonchev–Trinajstić information content (AvgIpc) is 3.13. The molecule has 0 aromatic rings. The first-order valence-corrected chi connectivity index (χ1v) is 6.86. The summed E-state index contributed by atoms with van der Waals surface area (Å²) in [5.74, 6) is 1.53. The number of urea groups is 1. The molecule has 0 aromatic carbocycles. The van der Waals surface area contributed by atoms with Gasteiger partial charge in [-0.25, -0.2) is 4.79 Å². The van der Waals surface area contributed by atoms with Crippen molar-refractivity contribution in [3.63, 3.8) is 0 Å². The lowest BCUT2D eigenvalue weighted by Gasteiger charge is -2.26. The average molecular weight is 234 g/mol. The molecule has 0 unspecified atom stereocenters. The lowest BCUT2D eigenvalue weighted by molar-refractivity contribution is -0.133. The number of nitrogens with zero attached hydrogens (tertiary/aromatic N) is 1. The van der Waals surface area contributed by atoms with Crippen LogP contribution >= 0.6 is 0 Å². The second-order valence-corrected chi connectivity index (χ2v) is 6.21. The molecule has 17 heavy (non-hydrogen) atoms. The van der Waals surface area contributed by atoms with Crippen LogP contribution < -0.4 is 5.32 Å². The lowest BCUT2D eigenvalue weighted by atomic mass is 9.87. The highest BCUT2D eigenvalue weighted by Gasteiger charge is 2.65. The van der Waals surface area contributed by atoms with Crippen LogP contribution in [0.3, 0.4) is 0 Å². The van der Waals surface area contributed by atoms with E-state index in [1.54, 1.807) is 0 Å². The predicted octanol–water partition coefficient (Wildman–Crippen LogP) is 1.51. The van der Waals surface area contributed by atoms with Gasteiger partial charge in [0.25, 0.3) is 5.91 Å². The van der Waals surface area contributed by atoms with Gasteiger partial charge in [0.05, 0.1) is 0 Å². The van der Waals surface area contributed by atoms with E-state index in [2.05, 4.69) is 5.32 Å². The maximum Gasteiger partial charge on any atom is 0.325 e. The molecule has 3 aliphatic carbocycles. The lowest BCUT2D eigenvalue weighted by Crippen LogP contribution is -2.51. The molecule has 4 fully saturated rings. The molecule has 4 aliphatic rings. The van der Waals surface area contributed by atoms with Crippen molar-refractivity contribution >= 4 is 11.9 Å². The Morgan fingerprint density at radius 3 is 2.12 bits per heavy atom. The van der Waals surface area contributed by atoms with Crippen LogP contribution in [0, 0.1) is 17.8 Å². The molecule has 0 bridgehead atoms. The monoisotopic (exact) mass is 234 g/mol. The molecule has 3 saturated carbocycles. The van der Waals surface area contributed by atoms with Crippen LogP contribution in [0.5, 0.6) is 0 Å². The van der Waals surface area contributed by atoms with Crippen LogP contribution in [0.4, 0.5) is 4.79 Å². The van der Waals surface area contributed by atoms with E-state index in [4.69, 9.17) is 0 Å². The zero-order valence-electron chi connectivity index (χ0n) is 9.95. The highest BCUT2D eigenvalue weighted by atomic mass is 16.2. The second kappa shape index (κ2) is 3.03. The molecule has 0 atom stereocenters. The van der Waals surface area contributed by atoms with Crippen LogP contribution in [0.1, 0.15) is 38.5 Å². The zero-order chi connectivity index (χ0) is 11.6. The molecule has 92 valence electrons.